The van der Waals surface area contributed by atoms with Crippen molar-refractivity contribution in [2.45, 2.75) is 25.3 Å². The Morgan fingerprint density at radius 1 is 1.25 bits per heavy atom. The molecule has 2 aromatic heterocycles. The minimum Gasteiger partial charge on any atom is -0.308 e. The van der Waals surface area contributed by atoms with Crippen molar-refractivity contribution in [3.8, 4) is 11.4 Å². The fourth-order valence-electron chi connectivity index (χ4n) is 1.97. The molecule has 0 bridgehead atoms. The molecule has 0 spiro atoms. The summed E-state index contributed by atoms with van der Waals surface area (Å²) in [5.74, 6) is 0. The number of thiazole rings is 2. The first kappa shape index (κ1) is 10.4. The Morgan fingerprint density at radius 3 is 3.00 bits per heavy atom. The molecule has 1 fully saturated rings. The molecule has 16 heavy (non-hydrogen) atoms. The predicted octanol–water partition coefficient (Wildman–Crippen LogP) is 3.08. The third-order valence-corrected chi connectivity index (χ3v) is 4.37. The van der Waals surface area contributed by atoms with Gasteiger partial charge in [0.2, 0.25) is 0 Å². The van der Waals surface area contributed by atoms with Gasteiger partial charge >= 0.3 is 0 Å². The van der Waals surface area contributed by atoms with E-state index in [-0.39, 0.29) is 0 Å². The normalized spacial score (nSPS) is 21.1. The zero-order valence-corrected chi connectivity index (χ0v) is 10.5. The van der Waals surface area contributed by atoms with Crippen LogP contribution in [0.1, 0.15) is 30.3 Å². The van der Waals surface area contributed by atoms with Gasteiger partial charge in [-0.25, -0.2) is 9.97 Å². The van der Waals surface area contributed by atoms with Gasteiger partial charge in [-0.3, -0.25) is 0 Å². The van der Waals surface area contributed by atoms with Crippen LogP contribution in [0.15, 0.2) is 16.3 Å². The standard InChI is InChI=1S/C11H13N3S2/c1-2-4-12-8(3-1)11-14-10(6-16-11)9-5-15-7-13-9/h5-8,12H,1-4H2. The third-order valence-electron chi connectivity index (χ3n) is 2.83. The van der Waals surface area contributed by atoms with E-state index in [4.69, 9.17) is 0 Å². The van der Waals surface area contributed by atoms with Gasteiger partial charge in [0.15, 0.2) is 0 Å². The van der Waals surface area contributed by atoms with Gasteiger partial charge in [0.05, 0.1) is 11.6 Å². The van der Waals surface area contributed by atoms with Gasteiger partial charge in [-0.05, 0) is 19.4 Å². The van der Waals surface area contributed by atoms with Crippen LogP contribution in [0.25, 0.3) is 11.4 Å². The van der Waals surface area contributed by atoms with E-state index in [1.807, 2.05) is 10.9 Å². The molecule has 84 valence electrons. The van der Waals surface area contributed by atoms with Crippen LogP contribution in [-0.4, -0.2) is 16.5 Å². The molecule has 3 heterocycles. The van der Waals surface area contributed by atoms with Gasteiger partial charge in [-0.2, -0.15) is 0 Å². The summed E-state index contributed by atoms with van der Waals surface area (Å²) in [4.78, 5) is 8.96. The summed E-state index contributed by atoms with van der Waals surface area (Å²) in [6.45, 7) is 1.12. The Morgan fingerprint density at radius 2 is 2.25 bits per heavy atom. The van der Waals surface area contributed by atoms with Gasteiger partial charge in [0, 0.05) is 10.8 Å². The van der Waals surface area contributed by atoms with E-state index in [2.05, 4.69) is 20.7 Å². The molecule has 0 aromatic carbocycles. The summed E-state index contributed by atoms with van der Waals surface area (Å²) in [7, 11) is 0. The van der Waals surface area contributed by atoms with E-state index < -0.39 is 0 Å². The molecule has 5 heteroatoms. The lowest BCUT2D eigenvalue weighted by molar-refractivity contribution is 0.411. The summed E-state index contributed by atoms with van der Waals surface area (Å²) in [5.41, 5.74) is 3.88. The number of hydrogen-bond donors (Lipinski definition) is 1. The van der Waals surface area contributed by atoms with Crippen LogP contribution in [0.3, 0.4) is 0 Å². The molecular formula is C11H13N3S2. The molecule has 3 nitrogen and oxygen atoms in total. The molecule has 1 unspecified atom stereocenters. The van der Waals surface area contributed by atoms with E-state index in [9.17, 15) is 0 Å². The van der Waals surface area contributed by atoms with E-state index in [1.54, 1.807) is 22.7 Å². The van der Waals surface area contributed by atoms with Crippen molar-refractivity contribution in [2.24, 2.45) is 0 Å². The molecule has 0 aliphatic carbocycles. The number of aromatic nitrogens is 2. The van der Waals surface area contributed by atoms with Crippen LogP contribution in [0, 0.1) is 0 Å². The number of hydrogen-bond acceptors (Lipinski definition) is 5. The number of rotatable bonds is 2. The van der Waals surface area contributed by atoms with E-state index in [0.29, 0.717) is 6.04 Å². The molecular weight excluding hydrogens is 238 g/mol. The second-order valence-corrected chi connectivity index (χ2v) is 5.56. The molecule has 1 N–H and O–H groups in total. The summed E-state index contributed by atoms with van der Waals surface area (Å²) in [6, 6.07) is 0.464. The average Bonchev–Trinajstić information content (AvgIpc) is 3.01. The Hall–Kier alpha value is -0.780. The molecule has 0 amide bonds. The predicted molar refractivity (Wildman–Crippen MR) is 67.8 cm³/mol. The van der Waals surface area contributed by atoms with Gasteiger partial charge in [-0.15, -0.1) is 22.7 Å². The second-order valence-electron chi connectivity index (χ2n) is 3.95. The molecule has 1 saturated heterocycles. The third kappa shape index (κ3) is 2.03. The molecule has 3 rings (SSSR count). The Labute approximate surface area is 103 Å². The summed E-state index contributed by atoms with van der Waals surface area (Å²) in [5, 5.41) is 8.90. The van der Waals surface area contributed by atoms with E-state index in [1.165, 1.54) is 24.3 Å². The molecule has 1 atom stereocenters. The van der Waals surface area contributed by atoms with Crippen molar-refractivity contribution in [3.05, 3.63) is 21.3 Å². The van der Waals surface area contributed by atoms with Crippen LogP contribution in [0.5, 0.6) is 0 Å². The fraction of sp³-hybridized carbons (Fsp3) is 0.455. The van der Waals surface area contributed by atoms with Gasteiger partial charge in [0.25, 0.3) is 0 Å². The average molecular weight is 251 g/mol. The minimum atomic E-state index is 0.464. The summed E-state index contributed by atoms with van der Waals surface area (Å²) >= 11 is 3.36. The highest BCUT2D eigenvalue weighted by Gasteiger charge is 2.18. The lowest BCUT2D eigenvalue weighted by Gasteiger charge is -2.21. The largest absolute Gasteiger partial charge is 0.308 e. The Kier molecular flexibility index (Phi) is 2.99. The van der Waals surface area contributed by atoms with Crippen LogP contribution in [-0.2, 0) is 0 Å². The smallest absolute Gasteiger partial charge is 0.110 e. The molecule has 1 aliphatic rings. The van der Waals surface area contributed by atoms with Gasteiger partial charge < -0.3 is 5.32 Å². The quantitative estimate of drug-likeness (QED) is 0.891. The number of piperidine rings is 1. The van der Waals surface area contributed by atoms with Crippen molar-refractivity contribution >= 4 is 22.7 Å². The topological polar surface area (TPSA) is 37.8 Å². The second kappa shape index (κ2) is 4.61. The molecule has 1 aliphatic heterocycles. The van der Waals surface area contributed by atoms with E-state index >= 15 is 0 Å². The highest BCUT2D eigenvalue weighted by Crippen LogP contribution is 2.29. The van der Waals surface area contributed by atoms with Gasteiger partial charge in [-0.1, -0.05) is 6.42 Å². The highest BCUT2D eigenvalue weighted by atomic mass is 32.1. The minimum absolute atomic E-state index is 0.464. The van der Waals surface area contributed by atoms with Crippen LogP contribution >= 0.6 is 22.7 Å². The summed E-state index contributed by atoms with van der Waals surface area (Å²) in [6.07, 6.45) is 3.81. The Balaban J connectivity index is 1.82. The highest BCUT2D eigenvalue weighted by molar-refractivity contribution is 7.10. The maximum absolute atomic E-state index is 4.68. The molecule has 0 saturated carbocycles. The molecule has 0 radical (unpaired) electrons. The first-order chi connectivity index (χ1) is 7.93. The number of nitrogens with one attached hydrogen (secondary N) is 1. The first-order valence-electron chi connectivity index (χ1n) is 5.51. The van der Waals surface area contributed by atoms with E-state index in [0.717, 1.165) is 17.9 Å². The maximum atomic E-state index is 4.68. The van der Waals surface area contributed by atoms with Crippen molar-refractivity contribution in [1.82, 2.24) is 15.3 Å². The zero-order valence-electron chi connectivity index (χ0n) is 8.85. The fourth-order valence-corrected chi connectivity index (χ4v) is 3.44. The zero-order chi connectivity index (χ0) is 10.8. The van der Waals surface area contributed by atoms with Crippen LogP contribution < -0.4 is 5.32 Å². The van der Waals surface area contributed by atoms with Crippen molar-refractivity contribution in [1.29, 1.82) is 0 Å². The lowest BCUT2D eigenvalue weighted by Crippen LogP contribution is -2.26. The van der Waals surface area contributed by atoms with Crippen molar-refractivity contribution < 1.29 is 0 Å². The lowest BCUT2D eigenvalue weighted by atomic mass is 10.1. The van der Waals surface area contributed by atoms with Crippen molar-refractivity contribution in [3.63, 3.8) is 0 Å². The first-order valence-corrected chi connectivity index (χ1v) is 7.33. The maximum Gasteiger partial charge on any atom is 0.110 e. The monoisotopic (exact) mass is 251 g/mol. The van der Waals surface area contributed by atoms with Crippen LogP contribution in [0.4, 0.5) is 0 Å². The summed E-state index contributed by atoms with van der Waals surface area (Å²) < 4.78 is 0. The van der Waals surface area contributed by atoms with Crippen LogP contribution in [0.2, 0.25) is 0 Å². The van der Waals surface area contributed by atoms with Gasteiger partial charge in [0.1, 0.15) is 16.4 Å². The SMILES string of the molecule is c1nc(-c2csc(C3CCCCN3)n2)cs1. The Bertz CT molecular complexity index is 444. The number of nitrogens with zero attached hydrogens (tertiary/aromatic N) is 2. The molecule has 2 aromatic rings. The van der Waals surface area contributed by atoms with Crippen molar-refractivity contribution in [2.75, 3.05) is 6.54 Å².